The third-order valence-electron chi connectivity index (χ3n) is 3.57. The number of amidine groups is 1. The molecule has 21 heavy (non-hydrogen) atoms. The molecule has 1 fully saturated rings. The molecule has 2 aliphatic rings. The van der Waals surface area contributed by atoms with Gasteiger partial charge in [0.25, 0.3) is 0 Å². The van der Waals surface area contributed by atoms with E-state index >= 15 is 0 Å². The van der Waals surface area contributed by atoms with Crippen LogP contribution in [0.25, 0.3) is 0 Å². The first-order chi connectivity index (χ1) is 10.0. The van der Waals surface area contributed by atoms with Crippen molar-refractivity contribution in [2.45, 2.75) is 30.8 Å². The van der Waals surface area contributed by atoms with Crippen LogP contribution in [0.1, 0.15) is 11.9 Å². The van der Waals surface area contributed by atoms with Crippen molar-refractivity contribution in [1.29, 1.82) is 0 Å². The van der Waals surface area contributed by atoms with Gasteiger partial charge >= 0.3 is 0 Å². The van der Waals surface area contributed by atoms with Gasteiger partial charge in [0.1, 0.15) is 29.8 Å². The Morgan fingerprint density at radius 3 is 2.81 bits per heavy atom. The molecule has 0 radical (unpaired) electrons. The Balaban J connectivity index is 1.94. The highest BCUT2D eigenvalue weighted by Crippen LogP contribution is 2.33. The van der Waals surface area contributed by atoms with E-state index in [-0.39, 0.29) is 12.4 Å². The molecular formula is C11H17N5O5. The topological polar surface area (TPSA) is 158 Å². The van der Waals surface area contributed by atoms with Crippen LogP contribution in [0.5, 0.6) is 0 Å². The molecule has 10 nitrogen and oxygen atoms in total. The van der Waals surface area contributed by atoms with Gasteiger partial charge in [-0.2, -0.15) is 0 Å². The molecule has 0 saturated carbocycles. The molecule has 7 N–H and O–H groups in total. The van der Waals surface area contributed by atoms with Gasteiger partial charge in [0.2, 0.25) is 0 Å². The van der Waals surface area contributed by atoms with Gasteiger partial charge in [-0.1, -0.05) is 0 Å². The molecule has 0 aromatic carbocycles. The number of fused-ring (bicyclic) bond motifs is 1. The van der Waals surface area contributed by atoms with Crippen molar-refractivity contribution in [3.8, 4) is 0 Å². The predicted molar refractivity (Wildman–Crippen MR) is 70.5 cm³/mol. The SMILES string of the molecule is NC1=NC(O)CNc2c1ncn2[C@@H]1O[C@H](CO)[C@@H](O)[C@H]1O. The zero-order chi connectivity index (χ0) is 15.1. The molecular weight excluding hydrogens is 282 g/mol. The Bertz CT molecular complexity index is 561. The second kappa shape index (κ2) is 5.24. The van der Waals surface area contributed by atoms with Crippen molar-refractivity contribution in [2.75, 3.05) is 18.5 Å². The monoisotopic (exact) mass is 299 g/mol. The summed E-state index contributed by atoms with van der Waals surface area (Å²) in [6.07, 6.45) is -3.86. The molecule has 3 heterocycles. The maximum Gasteiger partial charge on any atom is 0.165 e. The van der Waals surface area contributed by atoms with Gasteiger partial charge < -0.3 is 36.2 Å². The molecule has 1 aromatic rings. The van der Waals surface area contributed by atoms with Crippen molar-refractivity contribution >= 4 is 11.7 Å². The second-order valence-corrected chi connectivity index (χ2v) is 4.95. The summed E-state index contributed by atoms with van der Waals surface area (Å²) in [5.41, 5.74) is 6.07. The van der Waals surface area contributed by atoms with E-state index in [9.17, 15) is 15.3 Å². The largest absolute Gasteiger partial charge is 0.394 e. The molecule has 3 rings (SSSR count). The number of imidazole rings is 1. The van der Waals surface area contributed by atoms with Crippen molar-refractivity contribution in [3.63, 3.8) is 0 Å². The number of aliphatic hydroxyl groups is 4. The van der Waals surface area contributed by atoms with E-state index in [2.05, 4.69) is 15.3 Å². The molecule has 0 amide bonds. The van der Waals surface area contributed by atoms with Gasteiger partial charge in [-0.05, 0) is 0 Å². The average Bonchev–Trinajstić information content (AvgIpc) is 2.95. The minimum atomic E-state index is -1.23. The third kappa shape index (κ3) is 2.26. The van der Waals surface area contributed by atoms with Crippen LogP contribution in [-0.4, -0.2) is 73.5 Å². The van der Waals surface area contributed by atoms with Crippen molar-refractivity contribution in [2.24, 2.45) is 10.7 Å². The van der Waals surface area contributed by atoms with Crippen LogP contribution < -0.4 is 11.1 Å². The number of nitrogens with one attached hydrogen (secondary N) is 1. The fraction of sp³-hybridized carbons (Fsp3) is 0.636. The highest BCUT2D eigenvalue weighted by atomic mass is 16.6. The number of ether oxygens (including phenoxy) is 1. The van der Waals surface area contributed by atoms with Crippen molar-refractivity contribution in [1.82, 2.24) is 9.55 Å². The molecule has 1 saturated heterocycles. The number of aromatic nitrogens is 2. The third-order valence-corrected chi connectivity index (χ3v) is 3.57. The number of aliphatic imine (C=N–C) groups is 1. The van der Waals surface area contributed by atoms with E-state index in [1.54, 1.807) is 0 Å². The van der Waals surface area contributed by atoms with Gasteiger partial charge in [0, 0.05) is 0 Å². The van der Waals surface area contributed by atoms with E-state index in [1.165, 1.54) is 10.9 Å². The number of β-amino-alcohol motifs (C(OH)–C–C–N with tert-alkyl or cyclic N) is 1. The van der Waals surface area contributed by atoms with Crippen LogP contribution in [0.2, 0.25) is 0 Å². The normalized spacial score (nSPS) is 35.8. The fourth-order valence-corrected chi connectivity index (χ4v) is 2.48. The molecule has 0 spiro atoms. The number of anilines is 1. The van der Waals surface area contributed by atoms with E-state index in [4.69, 9.17) is 15.6 Å². The van der Waals surface area contributed by atoms with E-state index < -0.39 is 37.4 Å². The highest BCUT2D eigenvalue weighted by Gasteiger charge is 2.44. The Labute approximate surface area is 119 Å². The number of rotatable bonds is 2. The first kappa shape index (κ1) is 14.2. The highest BCUT2D eigenvalue weighted by molar-refractivity contribution is 6.00. The van der Waals surface area contributed by atoms with Crippen LogP contribution in [0.4, 0.5) is 5.82 Å². The summed E-state index contributed by atoms with van der Waals surface area (Å²) in [6, 6.07) is 0. The number of nitrogens with zero attached hydrogens (tertiary/aromatic N) is 3. The van der Waals surface area contributed by atoms with E-state index in [1.807, 2.05) is 0 Å². The minimum absolute atomic E-state index is 0.0630. The maximum absolute atomic E-state index is 10.0. The van der Waals surface area contributed by atoms with Crippen LogP contribution in [0.15, 0.2) is 11.3 Å². The maximum atomic E-state index is 10.0. The number of aliphatic hydroxyl groups excluding tert-OH is 4. The van der Waals surface area contributed by atoms with Gasteiger partial charge in [0.15, 0.2) is 18.3 Å². The molecule has 116 valence electrons. The van der Waals surface area contributed by atoms with Gasteiger partial charge in [-0.25, -0.2) is 9.98 Å². The Kier molecular flexibility index (Phi) is 3.55. The van der Waals surface area contributed by atoms with Gasteiger partial charge in [-0.15, -0.1) is 0 Å². The Morgan fingerprint density at radius 1 is 1.38 bits per heavy atom. The zero-order valence-electron chi connectivity index (χ0n) is 11.0. The first-order valence-corrected chi connectivity index (χ1v) is 6.47. The smallest absolute Gasteiger partial charge is 0.165 e. The quantitative estimate of drug-likeness (QED) is 0.336. The fourth-order valence-electron chi connectivity index (χ4n) is 2.48. The summed E-state index contributed by atoms with van der Waals surface area (Å²) < 4.78 is 6.90. The summed E-state index contributed by atoms with van der Waals surface area (Å²) in [6.45, 7) is -0.296. The molecule has 1 aromatic heterocycles. The lowest BCUT2D eigenvalue weighted by molar-refractivity contribution is -0.0519. The van der Waals surface area contributed by atoms with Crippen molar-refractivity contribution < 1.29 is 25.2 Å². The molecule has 10 heteroatoms. The van der Waals surface area contributed by atoms with Crippen LogP contribution >= 0.6 is 0 Å². The van der Waals surface area contributed by atoms with E-state index in [0.29, 0.717) is 11.5 Å². The number of hydrogen-bond donors (Lipinski definition) is 6. The zero-order valence-corrected chi connectivity index (χ0v) is 11.0. The van der Waals surface area contributed by atoms with Crippen LogP contribution in [0.3, 0.4) is 0 Å². The number of hydrogen-bond acceptors (Lipinski definition) is 9. The summed E-state index contributed by atoms with van der Waals surface area (Å²) in [7, 11) is 0. The number of nitrogens with two attached hydrogens (primary N) is 1. The van der Waals surface area contributed by atoms with Crippen LogP contribution in [-0.2, 0) is 4.74 Å². The standard InChI is InChI=1S/C11H17N5O5/c12-9-6-10(13-1-5(18)15-9)16(3-14-6)11-8(20)7(19)4(2-17)21-11/h3-5,7-8,11,13,17-20H,1-2H2,(H2,12,15)/t4-,5?,7-,8-,11-/m1/s1. The molecule has 2 aliphatic heterocycles. The predicted octanol–water partition coefficient (Wildman–Crippen LogP) is -3.06. The molecule has 0 aliphatic carbocycles. The summed E-state index contributed by atoms with van der Waals surface area (Å²) in [5, 5.41) is 41.5. The average molecular weight is 299 g/mol. The lowest BCUT2D eigenvalue weighted by Crippen LogP contribution is -2.33. The first-order valence-electron chi connectivity index (χ1n) is 6.47. The Morgan fingerprint density at radius 2 is 2.14 bits per heavy atom. The van der Waals surface area contributed by atoms with Gasteiger partial charge in [-0.3, -0.25) is 4.57 Å². The summed E-state index contributed by atoms with van der Waals surface area (Å²) in [5.74, 6) is 0.482. The minimum Gasteiger partial charge on any atom is -0.394 e. The second-order valence-electron chi connectivity index (χ2n) is 4.95. The summed E-state index contributed by atoms with van der Waals surface area (Å²) in [4.78, 5) is 7.93. The van der Waals surface area contributed by atoms with Crippen molar-refractivity contribution in [3.05, 3.63) is 12.0 Å². The van der Waals surface area contributed by atoms with Gasteiger partial charge in [0.05, 0.1) is 19.5 Å². The molecule has 0 bridgehead atoms. The van der Waals surface area contributed by atoms with E-state index in [0.717, 1.165) is 0 Å². The molecule has 5 atom stereocenters. The molecule has 1 unspecified atom stereocenters. The lowest BCUT2D eigenvalue weighted by atomic mass is 10.1. The Hall–Kier alpha value is -1.72. The lowest BCUT2D eigenvalue weighted by Gasteiger charge is -2.19. The summed E-state index contributed by atoms with van der Waals surface area (Å²) >= 11 is 0. The van der Waals surface area contributed by atoms with Crippen LogP contribution in [0, 0.1) is 0 Å².